The number of hydrogen-bond acceptors (Lipinski definition) is 2. The summed E-state index contributed by atoms with van der Waals surface area (Å²) in [6, 6.07) is 15.0. The number of pyridine rings is 1. The van der Waals surface area contributed by atoms with E-state index in [4.69, 9.17) is 5.73 Å². The number of nitrogens with one attached hydrogen (secondary N) is 1. The lowest BCUT2D eigenvalue weighted by Gasteiger charge is -2.09. The SMILES string of the molecule is Nc1c(-c2ccccc2Br)[nH]c2ccccc2c1=O. The number of nitrogens with two attached hydrogens (primary N) is 1. The maximum absolute atomic E-state index is 12.3. The van der Waals surface area contributed by atoms with Crippen molar-refractivity contribution >= 4 is 32.5 Å². The molecular formula is C15H11BrN2O. The minimum absolute atomic E-state index is 0.139. The lowest BCUT2D eigenvalue weighted by atomic mass is 10.1. The molecule has 4 heteroatoms. The quantitative estimate of drug-likeness (QED) is 0.721. The summed E-state index contributed by atoms with van der Waals surface area (Å²) in [5, 5.41) is 0.607. The van der Waals surface area contributed by atoms with Gasteiger partial charge in [-0.1, -0.05) is 46.3 Å². The molecule has 3 N–H and O–H groups in total. The topological polar surface area (TPSA) is 58.9 Å². The van der Waals surface area contributed by atoms with Crippen LogP contribution in [0.4, 0.5) is 5.69 Å². The summed E-state index contributed by atoms with van der Waals surface area (Å²) in [7, 11) is 0. The third-order valence-corrected chi connectivity index (χ3v) is 3.78. The van der Waals surface area contributed by atoms with Crippen LogP contribution in [-0.2, 0) is 0 Å². The van der Waals surface area contributed by atoms with Crippen molar-refractivity contribution in [3.8, 4) is 11.3 Å². The maximum Gasteiger partial charge on any atom is 0.212 e. The zero-order valence-electron chi connectivity index (χ0n) is 9.98. The number of aromatic nitrogens is 1. The van der Waals surface area contributed by atoms with Crippen molar-refractivity contribution in [2.45, 2.75) is 0 Å². The Hall–Kier alpha value is -2.07. The van der Waals surface area contributed by atoms with E-state index in [0.29, 0.717) is 11.1 Å². The highest BCUT2D eigenvalue weighted by Gasteiger charge is 2.12. The van der Waals surface area contributed by atoms with Crippen LogP contribution < -0.4 is 11.2 Å². The van der Waals surface area contributed by atoms with Gasteiger partial charge in [-0.3, -0.25) is 4.79 Å². The van der Waals surface area contributed by atoms with Gasteiger partial charge in [0.2, 0.25) is 5.43 Å². The van der Waals surface area contributed by atoms with Gasteiger partial charge < -0.3 is 10.7 Å². The van der Waals surface area contributed by atoms with Gasteiger partial charge >= 0.3 is 0 Å². The molecule has 0 bridgehead atoms. The predicted octanol–water partition coefficient (Wildman–Crippen LogP) is 3.54. The van der Waals surface area contributed by atoms with Crippen LogP contribution in [0.5, 0.6) is 0 Å². The molecule has 0 aliphatic carbocycles. The van der Waals surface area contributed by atoms with Gasteiger partial charge in [0.25, 0.3) is 0 Å². The number of rotatable bonds is 1. The van der Waals surface area contributed by atoms with Gasteiger partial charge in [-0.25, -0.2) is 0 Å². The Kier molecular flexibility index (Phi) is 2.87. The summed E-state index contributed by atoms with van der Waals surface area (Å²) in [6.07, 6.45) is 0. The molecule has 0 aliphatic heterocycles. The van der Waals surface area contributed by atoms with E-state index in [9.17, 15) is 4.79 Å². The van der Waals surface area contributed by atoms with Crippen molar-refractivity contribution in [3.05, 3.63) is 63.2 Å². The van der Waals surface area contributed by atoms with Crippen molar-refractivity contribution in [2.75, 3.05) is 5.73 Å². The first-order chi connectivity index (χ1) is 9.18. The Balaban J connectivity index is 2.40. The number of H-pyrrole nitrogens is 1. The molecule has 0 unspecified atom stereocenters. The van der Waals surface area contributed by atoms with Crippen molar-refractivity contribution < 1.29 is 0 Å². The van der Waals surface area contributed by atoms with E-state index >= 15 is 0 Å². The molecule has 3 aromatic rings. The number of fused-ring (bicyclic) bond motifs is 1. The molecule has 0 aliphatic rings. The lowest BCUT2D eigenvalue weighted by molar-refractivity contribution is 1.37. The van der Waals surface area contributed by atoms with E-state index in [-0.39, 0.29) is 11.1 Å². The van der Waals surface area contributed by atoms with Crippen LogP contribution >= 0.6 is 15.9 Å². The van der Waals surface area contributed by atoms with E-state index < -0.39 is 0 Å². The van der Waals surface area contributed by atoms with Crippen LogP contribution in [0.25, 0.3) is 22.2 Å². The van der Waals surface area contributed by atoms with E-state index in [2.05, 4.69) is 20.9 Å². The van der Waals surface area contributed by atoms with Crippen molar-refractivity contribution in [2.24, 2.45) is 0 Å². The molecule has 0 atom stereocenters. The number of halogens is 1. The molecule has 1 aromatic heterocycles. The normalized spacial score (nSPS) is 10.8. The third-order valence-electron chi connectivity index (χ3n) is 3.09. The Morgan fingerprint density at radius 1 is 1.00 bits per heavy atom. The molecule has 3 nitrogen and oxygen atoms in total. The van der Waals surface area contributed by atoms with E-state index in [1.165, 1.54) is 0 Å². The van der Waals surface area contributed by atoms with Gasteiger partial charge in [0.15, 0.2) is 0 Å². The largest absolute Gasteiger partial charge is 0.394 e. The monoisotopic (exact) mass is 314 g/mol. The molecule has 0 radical (unpaired) electrons. The Morgan fingerprint density at radius 2 is 1.68 bits per heavy atom. The molecule has 1 heterocycles. The van der Waals surface area contributed by atoms with Crippen molar-refractivity contribution in [1.29, 1.82) is 0 Å². The van der Waals surface area contributed by atoms with Gasteiger partial charge in [-0.05, 0) is 18.2 Å². The van der Waals surface area contributed by atoms with E-state index in [1.807, 2.05) is 42.5 Å². The van der Waals surface area contributed by atoms with Gasteiger partial charge in [-0.15, -0.1) is 0 Å². The Labute approximate surface area is 118 Å². The zero-order chi connectivity index (χ0) is 13.4. The molecule has 0 saturated carbocycles. The Bertz CT molecular complexity index is 824. The number of nitrogen functional groups attached to an aromatic ring is 1. The summed E-state index contributed by atoms with van der Waals surface area (Å²) < 4.78 is 0.896. The molecule has 0 fully saturated rings. The second-order valence-electron chi connectivity index (χ2n) is 4.27. The summed E-state index contributed by atoms with van der Waals surface area (Å²) in [4.78, 5) is 15.5. The van der Waals surface area contributed by atoms with Gasteiger partial charge in [0.05, 0.1) is 5.69 Å². The molecule has 0 saturated heterocycles. The lowest BCUT2D eigenvalue weighted by Crippen LogP contribution is -2.11. The molecule has 2 aromatic carbocycles. The van der Waals surface area contributed by atoms with Gasteiger partial charge in [-0.2, -0.15) is 0 Å². The molecule has 0 spiro atoms. The molecule has 19 heavy (non-hydrogen) atoms. The van der Waals surface area contributed by atoms with Gasteiger partial charge in [0, 0.05) is 20.9 Å². The van der Waals surface area contributed by atoms with Crippen molar-refractivity contribution in [1.82, 2.24) is 4.98 Å². The fourth-order valence-electron chi connectivity index (χ4n) is 2.13. The van der Waals surface area contributed by atoms with Crippen molar-refractivity contribution in [3.63, 3.8) is 0 Å². The standard InChI is InChI=1S/C15H11BrN2O/c16-11-7-3-1-5-9(11)14-13(17)15(19)10-6-2-4-8-12(10)18-14/h1-8H,17H2,(H,18,19). The number of benzene rings is 2. The molecular weight excluding hydrogens is 304 g/mol. The smallest absolute Gasteiger partial charge is 0.212 e. The van der Waals surface area contributed by atoms with Crippen LogP contribution in [0.15, 0.2) is 57.8 Å². The number of aromatic amines is 1. The van der Waals surface area contributed by atoms with Gasteiger partial charge in [0.1, 0.15) is 5.69 Å². The van der Waals surface area contributed by atoms with E-state index in [1.54, 1.807) is 6.07 Å². The molecule has 0 amide bonds. The average molecular weight is 315 g/mol. The predicted molar refractivity (Wildman–Crippen MR) is 82.1 cm³/mol. The highest BCUT2D eigenvalue weighted by Crippen LogP contribution is 2.30. The fourth-order valence-corrected chi connectivity index (χ4v) is 2.61. The zero-order valence-corrected chi connectivity index (χ0v) is 11.6. The molecule has 3 rings (SSSR count). The highest BCUT2D eigenvalue weighted by atomic mass is 79.9. The minimum Gasteiger partial charge on any atom is -0.394 e. The number of anilines is 1. The van der Waals surface area contributed by atoms with E-state index in [0.717, 1.165) is 15.6 Å². The summed E-state index contributed by atoms with van der Waals surface area (Å²) in [6.45, 7) is 0. The first kappa shape index (κ1) is 12.0. The maximum atomic E-state index is 12.3. The second-order valence-corrected chi connectivity index (χ2v) is 5.12. The van der Waals surface area contributed by atoms with Crippen LogP contribution in [0, 0.1) is 0 Å². The van der Waals surface area contributed by atoms with Crippen LogP contribution in [0.3, 0.4) is 0 Å². The fraction of sp³-hybridized carbons (Fsp3) is 0. The number of hydrogen-bond donors (Lipinski definition) is 2. The van der Waals surface area contributed by atoms with Crippen LogP contribution in [0.2, 0.25) is 0 Å². The summed E-state index contributed by atoms with van der Waals surface area (Å²) >= 11 is 3.48. The van der Waals surface area contributed by atoms with Crippen LogP contribution in [0.1, 0.15) is 0 Å². The summed E-state index contributed by atoms with van der Waals surface area (Å²) in [5.74, 6) is 0. The highest BCUT2D eigenvalue weighted by molar-refractivity contribution is 9.10. The minimum atomic E-state index is -0.139. The number of para-hydroxylation sites is 1. The average Bonchev–Trinajstić information content (AvgIpc) is 2.44. The van der Waals surface area contributed by atoms with Crippen LogP contribution in [-0.4, -0.2) is 4.98 Å². The second kappa shape index (κ2) is 4.55. The first-order valence-corrected chi connectivity index (χ1v) is 6.63. The summed E-state index contributed by atoms with van der Waals surface area (Å²) in [5.41, 5.74) is 8.40. The first-order valence-electron chi connectivity index (χ1n) is 5.84. The third kappa shape index (κ3) is 1.94. The Morgan fingerprint density at radius 3 is 2.47 bits per heavy atom. The molecule has 94 valence electrons.